The molecule has 0 saturated carbocycles. The number of imidazole rings is 1. The van der Waals surface area contributed by atoms with Crippen molar-refractivity contribution in [1.29, 1.82) is 0 Å². The minimum atomic E-state index is 0.215. The molecular weight excluding hydrogens is 322 g/mol. The highest BCUT2D eigenvalue weighted by molar-refractivity contribution is 5.67. The Morgan fingerprint density at radius 3 is 2.62 bits per heavy atom. The highest BCUT2D eigenvalue weighted by atomic mass is 16.3. The Bertz CT molecular complexity index is 707. The van der Waals surface area contributed by atoms with Gasteiger partial charge in [0.15, 0.2) is 0 Å². The minimum Gasteiger partial charge on any atom is -0.396 e. The summed E-state index contributed by atoms with van der Waals surface area (Å²) in [6, 6.07) is 2.24. The highest BCUT2D eigenvalue weighted by Crippen LogP contribution is 2.28. The van der Waals surface area contributed by atoms with E-state index in [0.29, 0.717) is 0 Å². The van der Waals surface area contributed by atoms with Crippen LogP contribution in [-0.2, 0) is 13.0 Å². The van der Waals surface area contributed by atoms with Crippen LogP contribution in [0.4, 0.5) is 0 Å². The van der Waals surface area contributed by atoms with Gasteiger partial charge in [-0.3, -0.25) is 0 Å². The topological polar surface area (TPSA) is 53.8 Å². The molecule has 0 aromatic carbocycles. The number of aliphatic hydroxyl groups is 1. The number of unbranched alkanes of at least 4 members (excludes halogenated alkanes) is 1. The molecule has 0 aliphatic heterocycles. The number of H-pyrrole nitrogens is 1. The molecule has 2 rings (SSSR count). The number of hydrogen-bond donors (Lipinski definition) is 2. The predicted octanol–water partition coefficient (Wildman–Crippen LogP) is 5.61. The van der Waals surface area contributed by atoms with Crippen molar-refractivity contribution in [2.24, 2.45) is 0 Å². The van der Waals surface area contributed by atoms with Gasteiger partial charge in [-0.2, -0.15) is 0 Å². The maximum atomic E-state index is 9.19. The Morgan fingerprint density at radius 2 is 2.04 bits per heavy atom. The van der Waals surface area contributed by atoms with Crippen molar-refractivity contribution in [2.45, 2.75) is 66.8 Å². The van der Waals surface area contributed by atoms with Gasteiger partial charge in [0.25, 0.3) is 0 Å². The standard InChI is InChI=1S/C20H29N3O.C2H6/c1-5-8-11-16-14-17(15(4)23(16)12-9-13-24)20-21-18(7-3)19(22-20)10-6-2;1-2/h6-7,10,14,24H,3,5,8-9,11-13H2,1-2,4H3,(H,21,22);1-2H3/b10-6-;. The molecule has 0 saturated heterocycles. The number of aliphatic hydroxyl groups excluding tert-OH is 1. The van der Waals surface area contributed by atoms with Crippen LogP contribution in [0.3, 0.4) is 0 Å². The first-order valence-corrected chi connectivity index (χ1v) is 9.81. The van der Waals surface area contributed by atoms with E-state index in [1.54, 1.807) is 6.08 Å². The number of hydrogen-bond acceptors (Lipinski definition) is 2. The Balaban J connectivity index is 0.00000163. The van der Waals surface area contributed by atoms with Crippen molar-refractivity contribution in [2.75, 3.05) is 6.61 Å². The minimum absolute atomic E-state index is 0.215. The van der Waals surface area contributed by atoms with Crippen LogP contribution < -0.4 is 0 Å². The fraction of sp³-hybridized carbons (Fsp3) is 0.500. The van der Waals surface area contributed by atoms with Crippen LogP contribution in [-0.4, -0.2) is 26.2 Å². The second-order valence-electron chi connectivity index (χ2n) is 6.06. The quantitative estimate of drug-likeness (QED) is 0.612. The number of aryl methyl sites for hydroxylation is 1. The van der Waals surface area contributed by atoms with Gasteiger partial charge in [0.2, 0.25) is 0 Å². The molecular formula is C22H35N3O. The molecule has 4 heteroatoms. The van der Waals surface area contributed by atoms with Crippen LogP contribution in [0.25, 0.3) is 23.5 Å². The Morgan fingerprint density at radius 1 is 1.31 bits per heavy atom. The predicted molar refractivity (Wildman–Crippen MR) is 113 cm³/mol. The first kappa shape index (κ1) is 22.0. The molecule has 0 aliphatic rings. The summed E-state index contributed by atoms with van der Waals surface area (Å²) in [6.45, 7) is 15.3. The van der Waals surface area contributed by atoms with Gasteiger partial charge in [-0.1, -0.05) is 39.8 Å². The summed E-state index contributed by atoms with van der Waals surface area (Å²) in [5.74, 6) is 0.885. The number of allylic oxidation sites excluding steroid dienone is 1. The first-order valence-electron chi connectivity index (χ1n) is 9.81. The molecule has 144 valence electrons. The lowest BCUT2D eigenvalue weighted by molar-refractivity contribution is 0.278. The van der Waals surface area contributed by atoms with Gasteiger partial charge in [-0.15, -0.1) is 0 Å². The van der Waals surface area contributed by atoms with E-state index in [-0.39, 0.29) is 6.61 Å². The van der Waals surface area contributed by atoms with Crippen molar-refractivity contribution < 1.29 is 5.11 Å². The summed E-state index contributed by atoms with van der Waals surface area (Å²) in [5, 5.41) is 9.19. The maximum absolute atomic E-state index is 9.19. The van der Waals surface area contributed by atoms with Gasteiger partial charge in [0, 0.05) is 30.1 Å². The average molecular weight is 358 g/mol. The van der Waals surface area contributed by atoms with Gasteiger partial charge in [0.05, 0.1) is 11.4 Å². The second-order valence-corrected chi connectivity index (χ2v) is 6.06. The second kappa shape index (κ2) is 11.5. The molecule has 0 fully saturated rings. The molecule has 0 amide bonds. The Hall–Kier alpha value is -2.07. The molecule has 0 aliphatic carbocycles. The van der Waals surface area contributed by atoms with Crippen molar-refractivity contribution in [3.8, 4) is 11.4 Å². The number of aromatic nitrogens is 3. The largest absolute Gasteiger partial charge is 0.396 e. The van der Waals surface area contributed by atoms with Crippen molar-refractivity contribution in [3.05, 3.63) is 41.5 Å². The molecule has 2 heterocycles. The third kappa shape index (κ3) is 5.21. The summed E-state index contributed by atoms with van der Waals surface area (Å²) < 4.78 is 2.33. The summed E-state index contributed by atoms with van der Waals surface area (Å²) in [5.41, 5.74) is 5.52. The van der Waals surface area contributed by atoms with E-state index in [9.17, 15) is 5.11 Å². The SMILES string of the molecule is C=Cc1nc(-c2cc(CCCC)n(CCCO)c2C)[nH]c1/C=C\C.CC. The lowest BCUT2D eigenvalue weighted by Gasteiger charge is -2.10. The molecule has 0 bridgehead atoms. The first-order chi connectivity index (χ1) is 12.7. The lowest BCUT2D eigenvalue weighted by atomic mass is 10.2. The van der Waals surface area contributed by atoms with Gasteiger partial charge >= 0.3 is 0 Å². The van der Waals surface area contributed by atoms with Gasteiger partial charge in [0.1, 0.15) is 5.82 Å². The molecule has 0 radical (unpaired) electrons. The Labute approximate surface area is 158 Å². The molecule has 2 N–H and O–H groups in total. The Kier molecular flexibility index (Phi) is 9.74. The van der Waals surface area contributed by atoms with Crippen molar-refractivity contribution >= 4 is 12.2 Å². The summed E-state index contributed by atoms with van der Waals surface area (Å²) in [7, 11) is 0. The lowest BCUT2D eigenvalue weighted by Crippen LogP contribution is -2.06. The summed E-state index contributed by atoms with van der Waals surface area (Å²) in [4.78, 5) is 8.12. The van der Waals surface area contributed by atoms with Gasteiger partial charge in [-0.25, -0.2) is 4.98 Å². The van der Waals surface area contributed by atoms with Crippen LogP contribution in [0, 0.1) is 6.92 Å². The average Bonchev–Trinajstić information content (AvgIpc) is 3.21. The maximum Gasteiger partial charge on any atom is 0.140 e. The summed E-state index contributed by atoms with van der Waals surface area (Å²) >= 11 is 0. The zero-order valence-electron chi connectivity index (χ0n) is 17.1. The van der Waals surface area contributed by atoms with Crippen molar-refractivity contribution in [1.82, 2.24) is 14.5 Å². The molecule has 26 heavy (non-hydrogen) atoms. The number of rotatable bonds is 9. The zero-order chi connectivity index (χ0) is 19.5. The van der Waals surface area contributed by atoms with Crippen LogP contribution in [0.15, 0.2) is 18.7 Å². The summed E-state index contributed by atoms with van der Waals surface area (Å²) in [6.07, 6.45) is 9.97. The van der Waals surface area contributed by atoms with E-state index in [1.807, 2.05) is 32.9 Å². The van der Waals surface area contributed by atoms with Crippen LogP contribution >= 0.6 is 0 Å². The third-order valence-electron chi connectivity index (χ3n) is 4.32. The molecule has 4 nitrogen and oxygen atoms in total. The number of nitrogens with one attached hydrogen (secondary N) is 1. The monoisotopic (exact) mass is 357 g/mol. The molecule has 2 aromatic heterocycles. The molecule has 2 aromatic rings. The molecule has 0 spiro atoms. The van der Waals surface area contributed by atoms with Crippen LogP contribution in [0.1, 0.15) is 69.7 Å². The third-order valence-corrected chi connectivity index (χ3v) is 4.32. The van der Waals surface area contributed by atoms with E-state index >= 15 is 0 Å². The van der Waals surface area contributed by atoms with E-state index in [4.69, 9.17) is 4.98 Å². The fourth-order valence-corrected chi connectivity index (χ4v) is 3.03. The zero-order valence-corrected chi connectivity index (χ0v) is 17.1. The molecule has 0 atom stereocenters. The van der Waals surface area contributed by atoms with Gasteiger partial charge in [-0.05, 0) is 51.3 Å². The number of nitrogens with zero attached hydrogens (tertiary/aromatic N) is 2. The van der Waals surface area contributed by atoms with Crippen LogP contribution in [0.5, 0.6) is 0 Å². The van der Waals surface area contributed by atoms with Gasteiger partial charge < -0.3 is 14.7 Å². The van der Waals surface area contributed by atoms with E-state index in [1.165, 1.54) is 24.2 Å². The van der Waals surface area contributed by atoms with E-state index < -0.39 is 0 Å². The molecule has 0 unspecified atom stereocenters. The smallest absolute Gasteiger partial charge is 0.140 e. The van der Waals surface area contributed by atoms with Crippen LogP contribution in [0.2, 0.25) is 0 Å². The fourth-order valence-electron chi connectivity index (χ4n) is 3.03. The normalized spacial score (nSPS) is 10.8. The van der Waals surface area contributed by atoms with E-state index in [2.05, 4.69) is 36.0 Å². The highest BCUT2D eigenvalue weighted by Gasteiger charge is 2.16. The number of aromatic amines is 1. The van der Waals surface area contributed by atoms with Crippen molar-refractivity contribution in [3.63, 3.8) is 0 Å². The van der Waals surface area contributed by atoms with E-state index in [0.717, 1.165) is 42.2 Å².